The number of ether oxygens (including phenoxy) is 1. The fraction of sp³-hybridized carbons (Fsp3) is 1.00. The highest BCUT2D eigenvalue weighted by Gasteiger charge is 2.44. The number of alkyl halides is 1. The van der Waals surface area contributed by atoms with Crippen molar-refractivity contribution in [1.82, 2.24) is 0 Å². The maximum Gasteiger partial charge on any atom is 0.200 e. The van der Waals surface area contributed by atoms with Crippen LogP contribution >= 0.6 is 15.9 Å². The lowest BCUT2D eigenvalue weighted by Gasteiger charge is -2.42. The molecule has 2 nitrogen and oxygen atoms in total. The van der Waals surface area contributed by atoms with Gasteiger partial charge >= 0.3 is 0 Å². The van der Waals surface area contributed by atoms with Gasteiger partial charge in [0.15, 0.2) is 8.32 Å². The first-order valence-corrected chi connectivity index (χ1v) is 12.9. The molecule has 0 saturated carbocycles. The molecule has 0 atom stereocenters. The molecule has 0 unspecified atom stereocenters. The Labute approximate surface area is 155 Å². The van der Waals surface area contributed by atoms with Gasteiger partial charge in [0.2, 0.25) is 0 Å². The van der Waals surface area contributed by atoms with Gasteiger partial charge in [0.25, 0.3) is 0 Å². The molecule has 0 aliphatic rings. The highest BCUT2D eigenvalue weighted by atomic mass is 79.9. The highest BCUT2D eigenvalue weighted by Crippen LogP contribution is 2.42. The Hall–Kier alpha value is 0.617. The highest BCUT2D eigenvalue weighted by molar-refractivity contribution is 9.09. The van der Waals surface area contributed by atoms with Crippen molar-refractivity contribution in [3.8, 4) is 0 Å². The van der Waals surface area contributed by atoms with Crippen LogP contribution in [0.5, 0.6) is 0 Å². The molecule has 140 valence electrons. The van der Waals surface area contributed by atoms with E-state index in [1.54, 1.807) is 0 Å². The first kappa shape index (κ1) is 23.6. The molecule has 0 bridgehead atoms. The summed E-state index contributed by atoms with van der Waals surface area (Å²) >= 11 is 3.48. The Morgan fingerprint density at radius 1 is 0.652 bits per heavy atom. The Bertz CT molecular complexity index is 248. The van der Waals surface area contributed by atoms with Crippen molar-refractivity contribution in [2.24, 2.45) is 0 Å². The molecule has 0 aliphatic carbocycles. The van der Waals surface area contributed by atoms with Crippen molar-refractivity contribution in [1.29, 1.82) is 0 Å². The molecular formula is C19H41BrO2Si. The summed E-state index contributed by atoms with van der Waals surface area (Å²) in [6.45, 7) is 16.4. The van der Waals surface area contributed by atoms with Crippen molar-refractivity contribution in [3.63, 3.8) is 0 Å². The van der Waals surface area contributed by atoms with Crippen LogP contribution in [-0.2, 0) is 9.16 Å². The van der Waals surface area contributed by atoms with E-state index in [4.69, 9.17) is 9.16 Å². The maximum absolute atomic E-state index is 6.50. The third kappa shape index (κ3) is 9.04. The Morgan fingerprint density at radius 3 is 1.61 bits per heavy atom. The minimum absolute atomic E-state index is 0.655. The zero-order valence-corrected chi connectivity index (χ0v) is 19.1. The molecule has 0 fully saturated rings. The molecule has 0 radical (unpaired) electrons. The van der Waals surface area contributed by atoms with E-state index in [1.807, 2.05) is 0 Å². The minimum Gasteiger partial charge on any atom is -0.414 e. The summed E-state index contributed by atoms with van der Waals surface area (Å²) in [6, 6.07) is 0. The van der Waals surface area contributed by atoms with Crippen molar-refractivity contribution in [3.05, 3.63) is 0 Å². The van der Waals surface area contributed by atoms with Crippen LogP contribution in [0.3, 0.4) is 0 Å². The van der Waals surface area contributed by atoms with Gasteiger partial charge in [-0.1, -0.05) is 83.2 Å². The van der Waals surface area contributed by atoms with Crippen LogP contribution in [0.25, 0.3) is 0 Å². The minimum atomic E-state index is -1.71. The monoisotopic (exact) mass is 408 g/mol. The van der Waals surface area contributed by atoms with E-state index in [-0.39, 0.29) is 0 Å². The molecule has 0 aromatic rings. The van der Waals surface area contributed by atoms with E-state index in [1.165, 1.54) is 38.5 Å². The number of hydrogen-bond donors (Lipinski definition) is 0. The normalized spacial score (nSPS) is 12.8. The predicted molar refractivity (Wildman–Crippen MR) is 109 cm³/mol. The topological polar surface area (TPSA) is 18.5 Å². The maximum atomic E-state index is 6.50. The third-order valence-corrected chi connectivity index (χ3v) is 11.6. The summed E-state index contributed by atoms with van der Waals surface area (Å²) in [5.74, 6) is 0. The summed E-state index contributed by atoms with van der Waals surface area (Å²) in [6.07, 6.45) is 7.85. The summed E-state index contributed by atoms with van der Waals surface area (Å²) < 4.78 is 12.3. The smallest absolute Gasteiger partial charge is 0.200 e. The second kappa shape index (κ2) is 13.9. The van der Waals surface area contributed by atoms with Gasteiger partial charge in [0.1, 0.15) is 0 Å². The van der Waals surface area contributed by atoms with E-state index in [0.29, 0.717) is 16.6 Å². The van der Waals surface area contributed by atoms with Crippen LogP contribution < -0.4 is 0 Å². The van der Waals surface area contributed by atoms with E-state index in [2.05, 4.69) is 57.5 Å². The molecule has 0 aromatic carbocycles. The number of unbranched alkanes of at least 4 members (excludes halogenated alkanes) is 5. The van der Waals surface area contributed by atoms with Gasteiger partial charge in [0, 0.05) is 11.9 Å². The van der Waals surface area contributed by atoms with Gasteiger partial charge in [-0.15, -0.1) is 0 Å². The van der Waals surface area contributed by atoms with Gasteiger partial charge in [-0.3, -0.25) is 0 Å². The predicted octanol–water partition coefficient (Wildman–Crippen LogP) is 6.93. The fourth-order valence-corrected chi connectivity index (χ4v) is 9.72. The molecule has 0 aromatic heterocycles. The first-order valence-electron chi connectivity index (χ1n) is 9.67. The molecule has 23 heavy (non-hydrogen) atoms. The van der Waals surface area contributed by atoms with E-state index < -0.39 is 8.32 Å². The van der Waals surface area contributed by atoms with Crippen LogP contribution in [0.1, 0.15) is 80.1 Å². The van der Waals surface area contributed by atoms with Crippen molar-refractivity contribution in [2.75, 3.05) is 25.2 Å². The van der Waals surface area contributed by atoms with Gasteiger partial charge < -0.3 is 9.16 Å². The SMILES string of the molecule is CC(C)[Si](OCCOCCCCCCCCBr)(C(C)C)C(C)C. The zero-order chi connectivity index (χ0) is 17.7. The van der Waals surface area contributed by atoms with Crippen LogP contribution in [0, 0.1) is 0 Å². The summed E-state index contributed by atoms with van der Waals surface area (Å²) in [5.41, 5.74) is 1.96. The van der Waals surface area contributed by atoms with Crippen molar-refractivity contribution in [2.45, 2.75) is 96.7 Å². The second-order valence-electron chi connectivity index (χ2n) is 7.59. The van der Waals surface area contributed by atoms with Gasteiger partial charge in [-0.25, -0.2) is 0 Å². The second-order valence-corrected chi connectivity index (χ2v) is 13.8. The molecule has 0 saturated heterocycles. The lowest BCUT2D eigenvalue weighted by Crippen LogP contribution is -2.48. The molecular weight excluding hydrogens is 368 g/mol. The lowest BCUT2D eigenvalue weighted by atomic mass is 10.1. The van der Waals surface area contributed by atoms with Gasteiger partial charge in [-0.05, 0) is 29.5 Å². The Morgan fingerprint density at radius 2 is 1.13 bits per heavy atom. The Balaban J connectivity index is 3.80. The Kier molecular flexibility index (Phi) is 14.2. The standard InChI is InChI=1S/C19H41BrO2Si/c1-17(2)23(18(3)4,19(5)6)22-16-15-21-14-12-10-8-7-9-11-13-20/h17-19H,7-16H2,1-6H3. The zero-order valence-electron chi connectivity index (χ0n) is 16.5. The molecule has 0 heterocycles. The van der Waals surface area contributed by atoms with Crippen LogP contribution in [0.15, 0.2) is 0 Å². The van der Waals surface area contributed by atoms with Crippen LogP contribution in [-0.4, -0.2) is 33.5 Å². The average Bonchev–Trinajstić information content (AvgIpc) is 2.47. The quantitative estimate of drug-likeness (QED) is 0.166. The molecule has 0 aliphatic heterocycles. The molecule has 0 spiro atoms. The molecule has 0 amide bonds. The van der Waals surface area contributed by atoms with Gasteiger partial charge in [-0.2, -0.15) is 0 Å². The molecule has 0 N–H and O–H groups in total. The first-order chi connectivity index (χ1) is 10.9. The van der Waals surface area contributed by atoms with E-state index in [0.717, 1.165) is 25.2 Å². The van der Waals surface area contributed by atoms with Crippen molar-refractivity contribution >= 4 is 24.2 Å². The summed E-state index contributed by atoms with van der Waals surface area (Å²) in [4.78, 5) is 0. The van der Waals surface area contributed by atoms with Crippen LogP contribution in [0.4, 0.5) is 0 Å². The van der Waals surface area contributed by atoms with Gasteiger partial charge in [0.05, 0.1) is 13.2 Å². The largest absolute Gasteiger partial charge is 0.414 e. The fourth-order valence-electron chi connectivity index (χ4n) is 3.89. The molecule has 4 heteroatoms. The molecule has 0 rings (SSSR count). The number of rotatable bonds is 15. The summed E-state index contributed by atoms with van der Waals surface area (Å²) in [5, 5.41) is 1.14. The lowest BCUT2D eigenvalue weighted by molar-refractivity contribution is 0.0910. The number of halogens is 1. The van der Waals surface area contributed by atoms with Crippen molar-refractivity contribution < 1.29 is 9.16 Å². The third-order valence-electron chi connectivity index (χ3n) is 4.96. The van der Waals surface area contributed by atoms with E-state index in [9.17, 15) is 0 Å². The van der Waals surface area contributed by atoms with Crippen LogP contribution in [0.2, 0.25) is 16.6 Å². The summed E-state index contributed by atoms with van der Waals surface area (Å²) in [7, 11) is -1.71. The van der Waals surface area contributed by atoms with E-state index >= 15 is 0 Å². The average molecular weight is 410 g/mol. The number of hydrogen-bond acceptors (Lipinski definition) is 2.